The van der Waals surface area contributed by atoms with Crippen LogP contribution in [0.1, 0.15) is 33.4 Å². The second-order valence-corrected chi connectivity index (χ2v) is 23.0. The molecule has 0 saturated carbocycles. The van der Waals surface area contributed by atoms with E-state index in [2.05, 4.69) is 0 Å². The van der Waals surface area contributed by atoms with Crippen LogP contribution in [-0.2, 0) is 188 Å². The van der Waals surface area contributed by atoms with E-state index in [1.807, 2.05) is 105 Å². The fourth-order valence-electron chi connectivity index (χ4n) is 10.0. The third kappa shape index (κ3) is 9.42. The van der Waals surface area contributed by atoms with Crippen LogP contribution in [-0.4, -0.2) is 121 Å². The Hall–Kier alpha value is -1.72. The number of urea groups is 2. The predicted octanol–water partition coefficient (Wildman–Crippen LogP) is 3.94. The van der Waals surface area contributed by atoms with Crippen LogP contribution >= 0.6 is 0 Å². The number of carbonyl (C=O) groups is 2. The van der Waals surface area contributed by atoms with Crippen LogP contribution in [0, 0.1) is 0 Å². The molecule has 4 aromatic carbocycles. The molecule has 4 amide bonds. The molecule has 68 heavy (non-hydrogen) atoms. The third-order valence-electron chi connectivity index (χ3n) is 12.8. The maximum atomic E-state index is 16.3. The van der Waals surface area contributed by atoms with Gasteiger partial charge in [-0.15, -0.1) is 0 Å². The minimum atomic E-state index is -1.44. The first-order chi connectivity index (χ1) is 33.2. The van der Waals surface area contributed by atoms with E-state index in [9.17, 15) is 0 Å². The molecule has 0 radical (unpaired) electrons. The molecule has 2 saturated heterocycles. The van der Waals surface area contributed by atoms with Crippen molar-refractivity contribution in [2.75, 3.05) is 79.3 Å². The summed E-state index contributed by atoms with van der Waals surface area (Å²) >= 11 is 2.79. The maximum absolute atomic E-state index is 16.3. The summed E-state index contributed by atoms with van der Waals surface area (Å²) in [5.74, 6) is 2.27. The van der Waals surface area contributed by atoms with Gasteiger partial charge < -0.3 is 0 Å². The Morgan fingerprint density at radius 3 is 0.882 bits per heavy atom. The first-order valence-corrected chi connectivity index (χ1v) is 28.1. The number of hydrogen-bond donors (Lipinski definition) is 0. The molecular formula is C48H46N4O12Y4. The predicted molar refractivity (Wildman–Crippen MR) is 230 cm³/mol. The van der Waals surface area contributed by atoms with E-state index in [0.29, 0.717) is 198 Å². The summed E-state index contributed by atoms with van der Waals surface area (Å²) in [6.45, 7) is 4.17. The molecule has 6 aliphatic heterocycles. The van der Waals surface area contributed by atoms with E-state index in [-0.39, 0.29) is 64.7 Å². The molecule has 10 rings (SSSR count). The zero-order valence-corrected chi connectivity index (χ0v) is 48.7. The van der Waals surface area contributed by atoms with E-state index >= 15 is 9.59 Å². The fourth-order valence-corrected chi connectivity index (χ4v) is 12.0. The molecule has 0 N–H and O–H groups in total. The standard InChI is InChI=1S/C48H46N4O12.4Y/c53-45-49-31-37-38-32-50-46(54)52-34-40-39(33-51(45)48(52,36-9-5-2-6-10-36)47(49,50)35-7-3-1-4-8-35)43-13-14-44(40)64-30-26-60-22-18-56-16-20-58-24-28-62-42(38)12-11-41(37)61-27-23-57-19-15-55-17-21-59-25-29-63-43;;;;/h1-14H,15-22,27-34H2;;;;/t47-,48+;;;;. The third-order valence-corrected chi connectivity index (χ3v) is 16.1. The number of carbonyl (C=O) groups excluding carboxylic acids is 2. The topological polar surface area (TPSA) is 139 Å². The van der Waals surface area contributed by atoms with Gasteiger partial charge in [0.15, 0.2) is 0 Å². The number of ether oxygens (including phenoxy) is 10. The van der Waals surface area contributed by atoms with Crippen LogP contribution in [0.5, 0.6) is 23.0 Å². The van der Waals surface area contributed by atoms with Crippen molar-refractivity contribution in [3.05, 3.63) is 118 Å². The normalized spacial score (nSPS) is 24.2. The van der Waals surface area contributed by atoms with Gasteiger partial charge in [-0.05, 0) is 0 Å². The quantitative estimate of drug-likeness (QED) is 0.288. The van der Waals surface area contributed by atoms with E-state index in [1.54, 1.807) is 0 Å². The molecule has 16 nitrogen and oxygen atoms in total. The van der Waals surface area contributed by atoms with Gasteiger partial charge in [-0.25, -0.2) is 0 Å². The Kier molecular flexibility index (Phi) is 16.3. The van der Waals surface area contributed by atoms with E-state index in [4.69, 9.17) is 47.4 Å². The zero-order valence-electron chi connectivity index (χ0n) is 37.4. The van der Waals surface area contributed by atoms with Crippen molar-refractivity contribution < 1.29 is 179 Å². The van der Waals surface area contributed by atoms with Gasteiger partial charge in [-0.2, -0.15) is 0 Å². The molecule has 20 heteroatoms. The van der Waals surface area contributed by atoms with Gasteiger partial charge >= 0.3 is 478 Å². The molecule has 0 atom stereocenters. The summed E-state index contributed by atoms with van der Waals surface area (Å²) in [6.07, 6.45) is 0. The Labute approximate surface area is 472 Å². The molecule has 2 fully saturated rings. The van der Waals surface area contributed by atoms with E-state index in [0.717, 1.165) is 43.3 Å². The molecule has 0 spiro atoms. The van der Waals surface area contributed by atoms with Crippen LogP contribution in [0.15, 0.2) is 84.9 Å². The van der Waals surface area contributed by atoms with Crippen molar-refractivity contribution in [1.29, 1.82) is 0 Å². The van der Waals surface area contributed by atoms with Crippen molar-refractivity contribution in [2.45, 2.75) is 37.5 Å². The molecule has 0 aliphatic carbocycles. The van der Waals surface area contributed by atoms with Crippen LogP contribution < -0.4 is 18.9 Å². The Bertz CT molecular complexity index is 2340. The first-order valence-electron chi connectivity index (χ1n) is 22.4. The average molecular weight is 1230 g/mol. The van der Waals surface area contributed by atoms with Gasteiger partial charge in [0, 0.05) is 0 Å². The molecule has 4 aromatic rings. The minimum absolute atomic E-state index is 0.0847. The average Bonchev–Trinajstić information content (AvgIpc) is 3.49. The number of rotatable bonds is 2. The van der Waals surface area contributed by atoms with Gasteiger partial charge in [0.25, 0.3) is 0 Å². The molecule has 8 bridgehead atoms. The van der Waals surface area contributed by atoms with Crippen LogP contribution in [0.4, 0.5) is 9.59 Å². The number of amides is 4. The number of nitrogens with zero attached hydrogens (tertiary/aromatic N) is 4. The monoisotopic (exact) mass is 1230 g/mol. The summed E-state index contributed by atoms with van der Waals surface area (Å²) in [4.78, 5) is 40.2. The van der Waals surface area contributed by atoms with Crippen LogP contribution in [0.2, 0.25) is 0 Å². The molecular weight excluding hydrogens is 1180 g/mol. The van der Waals surface area contributed by atoms with Crippen molar-refractivity contribution in [2.24, 2.45) is 0 Å². The second-order valence-electron chi connectivity index (χ2n) is 16.7. The zero-order chi connectivity index (χ0) is 46.8. The summed E-state index contributed by atoms with van der Waals surface area (Å²) < 4.78 is 66.1. The summed E-state index contributed by atoms with van der Waals surface area (Å²) in [5.41, 5.74) is 1.64. The van der Waals surface area contributed by atoms with Gasteiger partial charge in [-0.3, -0.25) is 0 Å². The van der Waals surface area contributed by atoms with Crippen molar-refractivity contribution in [3.8, 4) is 23.0 Å². The molecule has 342 valence electrons. The van der Waals surface area contributed by atoms with Crippen molar-refractivity contribution >= 4 is 22.0 Å². The van der Waals surface area contributed by atoms with Gasteiger partial charge in [0.05, 0.1) is 0 Å². The second kappa shape index (κ2) is 22.2. The van der Waals surface area contributed by atoms with Gasteiger partial charge in [0.2, 0.25) is 0 Å². The molecule has 6 aliphatic rings. The van der Waals surface area contributed by atoms with Crippen molar-refractivity contribution in [1.82, 2.24) is 19.6 Å². The summed E-state index contributed by atoms with van der Waals surface area (Å²) in [7, 11) is 0. The Morgan fingerprint density at radius 1 is 0.353 bits per heavy atom. The fraction of sp³-hybridized carbons (Fsp3) is 0.375. The SMILES string of the molecule is O=C1N2Cc3c4ccc5c3CN3C(=O)N6Cc7c(ccc(c7CN1[C@]6(c1ccccc1)[C@]23c1ccccc1)OC[C](=[Y])OCCOCCO[C](=[Y])CO4)OC[C](=[Y])OCCOCCO[C](=[Y])CO5. The first kappa shape index (κ1) is 49.8. The van der Waals surface area contributed by atoms with Gasteiger partial charge in [0.1, 0.15) is 0 Å². The van der Waals surface area contributed by atoms with E-state index in [1.165, 1.54) is 0 Å². The van der Waals surface area contributed by atoms with E-state index < -0.39 is 11.3 Å². The Balaban J connectivity index is 1.22. The molecule has 0 aromatic heterocycles. The summed E-state index contributed by atoms with van der Waals surface area (Å²) in [5, 5.41) is 0. The van der Waals surface area contributed by atoms with Crippen LogP contribution in [0.25, 0.3) is 0 Å². The summed E-state index contributed by atoms with van der Waals surface area (Å²) in [6, 6.07) is 27.0. The molecule has 0 unspecified atom stereocenters. The van der Waals surface area contributed by atoms with Crippen LogP contribution in [0.3, 0.4) is 0 Å². The van der Waals surface area contributed by atoms with Crippen molar-refractivity contribution in [3.63, 3.8) is 0 Å². The molecule has 6 heterocycles. The number of benzene rings is 4. The Morgan fingerprint density at radius 2 is 0.618 bits per heavy atom. The number of hydrogen-bond acceptors (Lipinski definition) is 12. The van der Waals surface area contributed by atoms with Gasteiger partial charge in [-0.1, -0.05) is 0 Å².